The highest BCUT2D eigenvalue weighted by Gasteiger charge is 2.07. The van der Waals surface area contributed by atoms with Gasteiger partial charge in [-0.2, -0.15) is 0 Å². The Bertz CT molecular complexity index is 716. The lowest BCUT2D eigenvalue weighted by Gasteiger charge is -2.04. The zero-order valence-corrected chi connectivity index (χ0v) is 11.8. The van der Waals surface area contributed by atoms with Crippen LogP contribution in [0.1, 0.15) is 19.7 Å². The number of nitrogens with zero attached hydrogens (tertiary/aromatic N) is 1. The van der Waals surface area contributed by atoms with Gasteiger partial charge in [-0.25, -0.2) is 4.98 Å². The summed E-state index contributed by atoms with van der Waals surface area (Å²) in [4.78, 5) is 4.32. The van der Waals surface area contributed by atoms with Crippen molar-refractivity contribution in [2.45, 2.75) is 26.4 Å². The molecule has 3 aromatic rings. The second-order valence-corrected chi connectivity index (χ2v) is 5.22. The first-order valence-electron chi connectivity index (χ1n) is 6.89. The van der Waals surface area contributed by atoms with E-state index in [0.717, 1.165) is 17.2 Å². The number of nitrogens with one attached hydrogen (secondary N) is 1. The van der Waals surface area contributed by atoms with E-state index in [0.29, 0.717) is 12.6 Å². The van der Waals surface area contributed by atoms with Gasteiger partial charge in [0.25, 0.3) is 0 Å². The Morgan fingerprint density at radius 1 is 1.10 bits per heavy atom. The monoisotopic (exact) mass is 266 g/mol. The van der Waals surface area contributed by atoms with Crippen molar-refractivity contribution >= 4 is 10.8 Å². The Hall–Kier alpha value is -2.13. The molecule has 0 bridgehead atoms. The summed E-state index contributed by atoms with van der Waals surface area (Å²) in [7, 11) is 0. The van der Waals surface area contributed by atoms with Crippen molar-refractivity contribution < 1.29 is 4.42 Å². The zero-order valence-electron chi connectivity index (χ0n) is 11.8. The highest BCUT2D eigenvalue weighted by atomic mass is 16.4. The molecule has 0 aliphatic heterocycles. The normalized spacial score (nSPS) is 11.3. The number of oxazole rings is 1. The van der Waals surface area contributed by atoms with Crippen molar-refractivity contribution in [1.29, 1.82) is 0 Å². The molecular formula is C17H18N2O. The van der Waals surface area contributed by atoms with Gasteiger partial charge >= 0.3 is 0 Å². The van der Waals surface area contributed by atoms with E-state index in [4.69, 9.17) is 4.42 Å². The standard InChI is InChI=1S/C17H18N2O/c1-12(2)18-11-17-19-10-16(20-17)15-8-7-13-5-3-4-6-14(13)9-15/h3-10,12,18H,11H2,1-2H3. The molecule has 0 saturated carbocycles. The maximum absolute atomic E-state index is 5.80. The minimum atomic E-state index is 0.422. The summed E-state index contributed by atoms with van der Waals surface area (Å²) in [6, 6.07) is 15.0. The van der Waals surface area contributed by atoms with Crippen LogP contribution >= 0.6 is 0 Å². The molecule has 1 heterocycles. The lowest BCUT2D eigenvalue weighted by Crippen LogP contribution is -2.21. The molecule has 3 rings (SSSR count). The van der Waals surface area contributed by atoms with Gasteiger partial charge in [0.05, 0.1) is 12.7 Å². The molecule has 0 amide bonds. The SMILES string of the molecule is CC(C)NCc1ncc(-c2ccc3ccccc3c2)o1. The molecule has 0 fully saturated rings. The fourth-order valence-electron chi connectivity index (χ4n) is 2.16. The predicted molar refractivity (Wildman–Crippen MR) is 81.4 cm³/mol. The van der Waals surface area contributed by atoms with E-state index < -0.39 is 0 Å². The minimum absolute atomic E-state index is 0.422. The third-order valence-corrected chi connectivity index (χ3v) is 3.25. The van der Waals surface area contributed by atoms with Gasteiger partial charge in [0.2, 0.25) is 5.89 Å². The van der Waals surface area contributed by atoms with E-state index >= 15 is 0 Å². The van der Waals surface area contributed by atoms with Crippen LogP contribution < -0.4 is 5.32 Å². The molecule has 3 nitrogen and oxygen atoms in total. The van der Waals surface area contributed by atoms with Gasteiger partial charge in [-0.15, -0.1) is 0 Å². The van der Waals surface area contributed by atoms with Crippen molar-refractivity contribution in [1.82, 2.24) is 10.3 Å². The van der Waals surface area contributed by atoms with Crippen molar-refractivity contribution in [2.24, 2.45) is 0 Å². The van der Waals surface area contributed by atoms with Crippen molar-refractivity contribution in [3.8, 4) is 11.3 Å². The summed E-state index contributed by atoms with van der Waals surface area (Å²) in [5, 5.41) is 5.75. The molecule has 1 N–H and O–H groups in total. The summed E-state index contributed by atoms with van der Waals surface area (Å²) in [5.74, 6) is 1.54. The number of hydrogen-bond acceptors (Lipinski definition) is 3. The second-order valence-electron chi connectivity index (χ2n) is 5.22. The molecule has 0 unspecified atom stereocenters. The lowest BCUT2D eigenvalue weighted by molar-refractivity contribution is 0.459. The van der Waals surface area contributed by atoms with Crippen LogP contribution in [0.4, 0.5) is 0 Å². The van der Waals surface area contributed by atoms with Gasteiger partial charge in [0.1, 0.15) is 0 Å². The third kappa shape index (κ3) is 2.73. The topological polar surface area (TPSA) is 38.1 Å². The quantitative estimate of drug-likeness (QED) is 0.775. The van der Waals surface area contributed by atoms with Crippen molar-refractivity contribution in [2.75, 3.05) is 0 Å². The first kappa shape index (κ1) is 12.9. The summed E-state index contributed by atoms with van der Waals surface area (Å²) in [6.07, 6.45) is 1.79. The largest absolute Gasteiger partial charge is 0.439 e. The van der Waals surface area contributed by atoms with E-state index in [9.17, 15) is 0 Å². The molecule has 20 heavy (non-hydrogen) atoms. The molecule has 2 aromatic carbocycles. The highest BCUT2D eigenvalue weighted by molar-refractivity contribution is 5.86. The van der Waals surface area contributed by atoms with Crippen LogP contribution in [0.15, 0.2) is 53.1 Å². The fourth-order valence-corrected chi connectivity index (χ4v) is 2.16. The minimum Gasteiger partial charge on any atom is -0.439 e. The molecule has 0 spiro atoms. The Balaban J connectivity index is 1.87. The zero-order chi connectivity index (χ0) is 13.9. The van der Waals surface area contributed by atoms with Gasteiger partial charge in [0.15, 0.2) is 5.76 Å². The van der Waals surface area contributed by atoms with E-state index in [1.54, 1.807) is 6.20 Å². The van der Waals surface area contributed by atoms with Gasteiger partial charge in [-0.1, -0.05) is 50.2 Å². The number of hydrogen-bond donors (Lipinski definition) is 1. The molecular weight excluding hydrogens is 248 g/mol. The van der Waals surface area contributed by atoms with Gasteiger partial charge in [0, 0.05) is 11.6 Å². The second kappa shape index (κ2) is 5.47. The number of aromatic nitrogens is 1. The molecule has 102 valence electrons. The number of rotatable bonds is 4. The molecule has 0 aliphatic rings. The van der Waals surface area contributed by atoms with E-state index in [1.807, 2.05) is 12.1 Å². The molecule has 1 aromatic heterocycles. The smallest absolute Gasteiger partial charge is 0.208 e. The van der Waals surface area contributed by atoms with Crippen LogP contribution in [-0.4, -0.2) is 11.0 Å². The Labute approximate surface area is 118 Å². The first-order chi connectivity index (χ1) is 9.72. The highest BCUT2D eigenvalue weighted by Crippen LogP contribution is 2.25. The average Bonchev–Trinajstić information content (AvgIpc) is 2.93. The maximum Gasteiger partial charge on any atom is 0.208 e. The average molecular weight is 266 g/mol. The Morgan fingerprint density at radius 3 is 2.70 bits per heavy atom. The summed E-state index contributed by atoms with van der Waals surface area (Å²) in [6.45, 7) is 4.87. The van der Waals surface area contributed by atoms with Gasteiger partial charge in [-0.05, 0) is 16.8 Å². The lowest BCUT2D eigenvalue weighted by atomic mass is 10.1. The van der Waals surface area contributed by atoms with Gasteiger partial charge < -0.3 is 9.73 Å². The maximum atomic E-state index is 5.80. The van der Waals surface area contributed by atoms with Crippen LogP contribution in [-0.2, 0) is 6.54 Å². The molecule has 0 radical (unpaired) electrons. The van der Waals surface area contributed by atoms with Crippen LogP contribution in [0.2, 0.25) is 0 Å². The van der Waals surface area contributed by atoms with Crippen molar-refractivity contribution in [3.63, 3.8) is 0 Å². The summed E-state index contributed by atoms with van der Waals surface area (Å²) >= 11 is 0. The van der Waals surface area contributed by atoms with Crippen LogP contribution in [0.25, 0.3) is 22.1 Å². The number of benzene rings is 2. The van der Waals surface area contributed by atoms with Crippen LogP contribution in [0.5, 0.6) is 0 Å². The Kier molecular flexibility index (Phi) is 3.52. The molecule has 0 atom stereocenters. The molecule has 3 heteroatoms. The summed E-state index contributed by atoms with van der Waals surface area (Å²) < 4.78 is 5.80. The molecule has 0 aliphatic carbocycles. The first-order valence-corrected chi connectivity index (χ1v) is 6.89. The predicted octanol–water partition coefficient (Wildman–Crippen LogP) is 3.99. The number of fused-ring (bicyclic) bond motifs is 1. The van der Waals surface area contributed by atoms with E-state index in [-0.39, 0.29) is 0 Å². The van der Waals surface area contributed by atoms with E-state index in [1.165, 1.54) is 10.8 Å². The van der Waals surface area contributed by atoms with Crippen LogP contribution in [0, 0.1) is 0 Å². The molecule has 0 saturated heterocycles. The Morgan fingerprint density at radius 2 is 1.90 bits per heavy atom. The van der Waals surface area contributed by atoms with E-state index in [2.05, 4.69) is 54.5 Å². The van der Waals surface area contributed by atoms with Crippen molar-refractivity contribution in [3.05, 3.63) is 54.6 Å². The third-order valence-electron chi connectivity index (χ3n) is 3.25. The summed E-state index contributed by atoms with van der Waals surface area (Å²) in [5.41, 5.74) is 1.06. The van der Waals surface area contributed by atoms with Crippen LogP contribution in [0.3, 0.4) is 0 Å². The van der Waals surface area contributed by atoms with Gasteiger partial charge in [-0.3, -0.25) is 0 Å². The fraction of sp³-hybridized carbons (Fsp3) is 0.235.